The van der Waals surface area contributed by atoms with E-state index in [2.05, 4.69) is 10.0 Å². The molecular formula is C16H22ClN3O3S. The zero-order valence-electron chi connectivity index (χ0n) is 13.2. The molecule has 0 aliphatic rings. The SMILES string of the molecule is Cl.NCCCNC(=O)CCNS(=O)(=O)c1ccc2ccccc2c1. The third-order valence-electron chi connectivity index (χ3n) is 3.38. The molecule has 0 atom stereocenters. The summed E-state index contributed by atoms with van der Waals surface area (Å²) in [6.45, 7) is 1.07. The largest absolute Gasteiger partial charge is 0.356 e. The number of hydrogen-bond donors (Lipinski definition) is 3. The first-order valence-electron chi connectivity index (χ1n) is 7.48. The van der Waals surface area contributed by atoms with Gasteiger partial charge in [-0.15, -0.1) is 12.4 Å². The minimum Gasteiger partial charge on any atom is -0.356 e. The average Bonchev–Trinajstić information content (AvgIpc) is 2.54. The highest BCUT2D eigenvalue weighted by molar-refractivity contribution is 7.89. The Labute approximate surface area is 148 Å². The quantitative estimate of drug-likeness (QED) is 0.610. The van der Waals surface area contributed by atoms with Crippen molar-refractivity contribution in [2.24, 2.45) is 5.73 Å². The molecule has 0 aliphatic carbocycles. The molecular weight excluding hydrogens is 350 g/mol. The predicted octanol–water partition coefficient (Wildman–Crippen LogP) is 1.40. The Balaban J connectivity index is 0.00000288. The molecule has 0 spiro atoms. The lowest BCUT2D eigenvalue weighted by molar-refractivity contribution is -0.120. The van der Waals surface area contributed by atoms with Crippen molar-refractivity contribution in [1.29, 1.82) is 0 Å². The van der Waals surface area contributed by atoms with Crippen molar-refractivity contribution >= 4 is 39.1 Å². The third kappa shape index (κ3) is 5.76. The van der Waals surface area contributed by atoms with Crippen molar-refractivity contribution in [2.75, 3.05) is 19.6 Å². The Morgan fingerprint density at radius 2 is 1.75 bits per heavy atom. The standard InChI is InChI=1S/C16H21N3O3S.ClH/c17-9-3-10-18-16(20)8-11-19-23(21,22)15-7-6-13-4-1-2-5-14(13)12-15;/h1-2,4-7,12,19H,3,8-11,17H2,(H,18,20);1H. The number of nitrogens with one attached hydrogen (secondary N) is 2. The van der Waals surface area contributed by atoms with Gasteiger partial charge in [0.2, 0.25) is 15.9 Å². The molecule has 2 aromatic carbocycles. The van der Waals surface area contributed by atoms with Gasteiger partial charge in [-0.05, 0) is 35.9 Å². The second-order valence-electron chi connectivity index (χ2n) is 5.15. The molecule has 0 heterocycles. The molecule has 0 unspecified atom stereocenters. The number of halogens is 1. The van der Waals surface area contributed by atoms with E-state index in [1.807, 2.05) is 24.3 Å². The summed E-state index contributed by atoms with van der Waals surface area (Å²) in [7, 11) is -3.62. The Bertz CT molecular complexity index is 781. The van der Waals surface area contributed by atoms with Gasteiger partial charge in [0.25, 0.3) is 0 Å². The molecule has 0 radical (unpaired) electrons. The van der Waals surface area contributed by atoms with Gasteiger partial charge in [-0.2, -0.15) is 0 Å². The van der Waals surface area contributed by atoms with Gasteiger partial charge >= 0.3 is 0 Å². The van der Waals surface area contributed by atoms with E-state index in [-0.39, 0.29) is 36.2 Å². The normalized spacial score (nSPS) is 11.0. The van der Waals surface area contributed by atoms with Crippen molar-refractivity contribution in [3.05, 3.63) is 42.5 Å². The number of rotatable bonds is 8. The van der Waals surface area contributed by atoms with Gasteiger partial charge in [-0.3, -0.25) is 4.79 Å². The minimum absolute atomic E-state index is 0. The van der Waals surface area contributed by atoms with Crippen LogP contribution in [0.4, 0.5) is 0 Å². The second kappa shape index (κ2) is 9.58. The number of fused-ring (bicyclic) bond motifs is 1. The van der Waals surface area contributed by atoms with Gasteiger partial charge in [-0.25, -0.2) is 13.1 Å². The molecule has 8 heteroatoms. The van der Waals surface area contributed by atoms with Gasteiger partial charge in [0, 0.05) is 19.5 Å². The number of carbonyl (C=O) groups excluding carboxylic acids is 1. The summed E-state index contributed by atoms with van der Waals surface area (Å²) < 4.78 is 27.0. The molecule has 24 heavy (non-hydrogen) atoms. The van der Waals surface area contributed by atoms with Crippen LogP contribution >= 0.6 is 12.4 Å². The van der Waals surface area contributed by atoms with Crippen LogP contribution in [0.3, 0.4) is 0 Å². The maximum absolute atomic E-state index is 12.3. The Hall–Kier alpha value is -1.67. The van der Waals surface area contributed by atoms with E-state index < -0.39 is 10.0 Å². The van der Waals surface area contributed by atoms with E-state index in [1.54, 1.807) is 18.2 Å². The zero-order chi connectivity index (χ0) is 16.7. The van der Waals surface area contributed by atoms with Crippen LogP contribution in [0, 0.1) is 0 Å². The van der Waals surface area contributed by atoms with Crippen LogP contribution in [0.5, 0.6) is 0 Å². The first-order valence-corrected chi connectivity index (χ1v) is 8.96. The van der Waals surface area contributed by atoms with E-state index >= 15 is 0 Å². The van der Waals surface area contributed by atoms with E-state index in [9.17, 15) is 13.2 Å². The number of sulfonamides is 1. The highest BCUT2D eigenvalue weighted by Crippen LogP contribution is 2.18. The second-order valence-corrected chi connectivity index (χ2v) is 6.92. The Morgan fingerprint density at radius 3 is 2.46 bits per heavy atom. The Morgan fingerprint density at radius 1 is 1.04 bits per heavy atom. The van der Waals surface area contributed by atoms with Crippen LogP contribution in [0.2, 0.25) is 0 Å². The topological polar surface area (TPSA) is 101 Å². The monoisotopic (exact) mass is 371 g/mol. The highest BCUT2D eigenvalue weighted by atomic mass is 35.5. The number of amides is 1. The van der Waals surface area contributed by atoms with Crippen molar-refractivity contribution in [1.82, 2.24) is 10.0 Å². The zero-order valence-corrected chi connectivity index (χ0v) is 14.8. The molecule has 0 bridgehead atoms. The van der Waals surface area contributed by atoms with E-state index in [1.165, 1.54) is 0 Å². The summed E-state index contributed by atoms with van der Waals surface area (Å²) >= 11 is 0. The first kappa shape index (κ1) is 20.4. The number of nitrogens with two attached hydrogens (primary N) is 1. The lowest BCUT2D eigenvalue weighted by atomic mass is 10.1. The van der Waals surface area contributed by atoms with Gasteiger partial charge in [0.1, 0.15) is 0 Å². The van der Waals surface area contributed by atoms with Crippen molar-refractivity contribution in [3.8, 4) is 0 Å². The van der Waals surface area contributed by atoms with Crippen molar-refractivity contribution in [2.45, 2.75) is 17.7 Å². The minimum atomic E-state index is -3.62. The summed E-state index contributed by atoms with van der Waals surface area (Å²) in [5, 5.41) is 4.51. The summed E-state index contributed by atoms with van der Waals surface area (Å²) in [6, 6.07) is 12.5. The van der Waals surface area contributed by atoms with Crippen LogP contribution in [0.25, 0.3) is 10.8 Å². The highest BCUT2D eigenvalue weighted by Gasteiger charge is 2.14. The van der Waals surface area contributed by atoms with Gasteiger partial charge in [-0.1, -0.05) is 30.3 Å². The van der Waals surface area contributed by atoms with Crippen LogP contribution in [0.1, 0.15) is 12.8 Å². The lowest BCUT2D eigenvalue weighted by Crippen LogP contribution is -2.31. The average molecular weight is 372 g/mol. The molecule has 6 nitrogen and oxygen atoms in total. The first-order chi connectivity index (χ1) is 11.0. The lowest BCUT2D eigenvalue weighted by Gasteiger charge is -2.08. The molecule has 0 saturated carbocycles. The third-order valence-corrected chi connectivity index (χ3v) is 4.84. The van der Waals surface area contributed by atoms with E-state index in [0.717, 1.165) is 10.8 Å². The number of carbonyl (C=O) groups is 1. The van der Waals surface area contributed by atoms with Crippen LogP contribution in [-0.2, 0) is 14.8 Å². The van der Waals surface area contributed by atoms with Crippen LogP contribution < -0.4 is 15.8 Å². The summed E-state index contributed by atoms with van der Waals surface area (Å²) in [4.78, 5) is 11.7. The van der Waals surface area contributed by atoms with E-state index in [0.29, 0.717) is 19.5 Å². The maximum atomic E-state index is 12.3. The molecule has 2 aromatic rings. The fraction of sp³-hybridized carbons (Fsp3) is 0.312. The number of benzene rings is 2. The molecule has 4 N–H and O–H groups in total. The van der Waals surface area contributed by atoms with Gasteiger partial charge in [0.05, 0.1) is 4.90 Å². The molecule has 132 valence electrons. The van der Waals surface area contributed by atoms with Gasteiger partial charge < -0.3 is 11.1 Å². The molecule has 1 amide bonds. The fourth-order valence-corrected chi connectivity index (χ4v) is 3.20. The Kier molecular flexibility index (Phi) is 8.14. The fourth-order valence-electron chi connectivity index (χ4n) is 2.14. The van der Waals surface area contributed by atoms with Crippen molar-refractivity contribution in [3.63, 3.8) is 0 Å². The molecule has 0 aliphatic heterocycles. The van der Waals surface area contributed by atoms with E-state index in [4.69, 9.17) is 5.73 Å². The molecule has 0 fully saturated rings. The van der Waals surface area contributed by atoms with Crippen LogP contribution in [-0.4, -0.2) is 34.0 Å². The molecule has 2 rings (SSSR count). The summed E-state index contributed by atoms with van der Waals surface area (Å²) in [5.74, 6) is -0.195. The van der Waals surface area contributed by atoms with Gasteiger partial charge in [0.15, 0.2) is 0 Å². The maximum Gasteiger partial charge on any atom is 0.240 e. The predicted molar refractivity (Wildman–Crippen MR) is 97.7 cm³/mol. The van der Waals surface area contributed by atoms with Crippen molar-refractivity contribution < 1.29 is 13.2 Å². The summed E-state index contributed by atoms with van der Waals surface area (Å²) in [5.41, 5.74) is 5.33. The molecule has 0 aromatic heterocycles. The smallest absolute Gasteiger partial charge is 0.240 e. The number of hydrogen-bond acceptors (Lipinski definition) is 4. The summed E-state index contributed by atoms with van der Waals surface area (Å²) in [6.07, 6.45) is 0.798. The van der Waals surface area contributed by atoms with Crippen LogP contribution in [0.15, 0.2) is 47.4 Å². The molecule has 0 saturated heterocycles.